The molecule has 0 spiro atoms. The first-order chi connectivity index (χ1) is 24.3. The summed E-state index contributed by atoms with van der Waals surface area (Å²) in [5.41, 5.74) is 1.58. The van der Waals surface area contributed by atoms with Crippen molar-refractivity contribution in [2.75, 3.05) is 31.3 Å². The molecule has 5 rings (SSSR count). The summed E-state index contributed by atoms with van der Waals surface area (Å²) in [4.78, 5) is 55.2. The van der Waals surface area contributed by atoms with Crippen molar-refractivity contribution in [1.82, 2.24) is 30.5 Å². The van der Waals surface area contributed by atoms with Gasteiger partial charge in [-0.05, 0) is 62.6 Å². The Morgan fingerprint density at radius 3 is 2.42 bits per heavy atom. The molecular weight excluding hydrogens is 731 g/mol. The molecule has 13 nitrogen and oxygen atoms in total. The molecule has 1 aliphatic rings. The number of benzene rings is 2. The third-order valence-electron chi connectivity index (χ3n) is 8.63. The smallest absolute Gasteiger partial charge is 0.247 e. The normalized spacial score (nSPS) is 15.3. The van der Waals surface area contributed by atoms with Crippen LogP contribution in [0.25, 0.3) is 10.9 Å². The maximum absolute atomic E-state index is 13.9. The Hall–Kier alpha value is -4.43. The number of hydrogen-bond acceptors (Lipinski definition) is 10. The van der Waals surface area contributed by atoms with Crippen LogP contribution in [0, 0.1) is 5.41 Å². The number of methoxy groups -OCH3 is 1. The zero-order valence-electron chi connectivity index (χ0n) is 29.8. The van der Waals surface area contributed by atoms with Crippen LogP contribution < -0.4 is 30.7 Å². The number of likely N-dealkylation sites (N-methyl/N-ethyl adjacent to an activating group) is 1. The lowest BCUT2D eigenvalue weighted by Gasteiger charge is -2.36. The first-order valence-corrected chi connectivity index (χ1v) is 17.3. The quantitative estimate of drug-likeness (QED) is 0.132. The molecule has 3 atom stereocenters. The minimum atomic E-state index is -0.835. The van der Waals surface area contributed by atoms with E-state index in [-0.39, 0.29) is 46.8 Å². The van der Waals surface area contributed by atoms with Gasteiger partial charge in [-0.25, -0.2) is 9.97 Å². The SMILES string of the molecule is CNC(C)C(=O)NC(C(=O)N1CCCC1C(=O)Nc1cc2c(Nc3cc(Cl)c(OCc4ccccn4)c(Cl)c3)ncnc2cc1OC)C(C)(C)C.Cl. The Morgan fingerprint density at radius 1 is 1.06 bits per heavy atom. The number of nitrogens with one attached hydrogen (secondary N) is 4. The molecule has 1 fully saturated rings. The molecule has 3 heterocycles. The average molecular weight is 774 g/mol. The highest BCUT2D eigenvalue weighted by molar-refractivity contribution is 6.37. The average Bonchev–Trinajstić information content (AvgIpc) is 3.60. The second-order valence-corrected chi connectivity index (χ2v) is 14.1. The van der Waals surface area contributed by atoms with Crippen LogP contribution in [0.15, 0.2) is 55.0 Å². The molecule has 2 aromatic heterocycles. The van der Waals surface area contributed by atoms with Crippen LogP contribution in [-0.2, 0) is 21.0 Å². The molecule has 0 radical (unpaired) electrons. The van der Waals surface area contributed by atoms with Gasteiger partial charge in [0.2, 0.25) is 17.7 Å². The fraction of sp³-hybridized carbons (Fsp3) is 0.389. The van der Waals surface area contributed by atoms with Gasteiger partial charge < -0.3 is 35.6 Å². The van der Waals surface area contributed by atoms with Gasteiger partial charge in [0.25, 0.3) is 0 Å². The molecule has 16 heteroatoms. The summed E-state index contributed by atoms with van der Waals surface area (Å²) in [5, 5.41) is 13.1. The Kier molecular flexibility index (Phi) is 13.5. The number of likely N-dealkylation sites (tertiary alicyclic amines) is 1. The highest BCUT2D eigenvalue weighted by Gasteiger charge is 2.42. The van der Waals surface area contributed by atoms with E-state index in [1.165, 1.54) is 13.4 Å². The molecule has 0 saturated carbocycles. The molecule has 0 bridgehead atoms. The highest BCUT2D eigenvalue weighted by atomic mass is 35.5. The highest BCUT2D eigenvalue weighted by Crippen LogP contribution is 2.39. The van der Waals surface area contributed by atoms with Crippen LogP contribution in [-0.4, -0.2) is 76.4 Å². The van der Waals surface area contributed by atoms with Gasteiger partial charge in [0.15, 0.2) is 5.75 Å². The van der Waals surface area contributed by atoms with Gasteiger partial charge in [-0.15, -0.1) is 12.4 Å². The third-order valence-corrected chi connectivity index (χ3v) is 9.19. The number of fused-ring (bicyclic) bond motifs is 1. The largest absolute Gasteiger partial charge is 0.494 e. The molecule has 278 valence electrons. The number of rotatable bonds is 12. The zero-order chi connectivity index (χ0) is 36.9. The fourth-order valence-electron chi connectivity index (χ4n) is 5.72. The van der Waals surface area contributed by atoms with Gasteiger partial charge in [-0.1, -0.05) is 50.0 Å². The van der Waals surface area contributed by atoms with Crippen molar-refractivity contribution in [3.05, 3.63) is 70.7 Å². The number of nitrogens with zero attached hydrogens (tertiary/aromatic N) is 4. The van der Waals surface area contributed by atoms with E-state index in [1.807, 2.05) is 39.0 Å². The number of pyridine rings is 1. The molecule has 4 N–H and O–H groups in total. The summed E-state index contributed by atoms with van der Waals surface area (Å²) in [6, 6.07) is 10.2. The Labute approximate surface area is 319 Å². The van der Waals surface area contributed by atoms with Crippen molar-refractivity contribution >= 4 is 81.4 Å². The zero-order valence-corrected chi connectivity index (χ0v) is 32.1. The van der Waals surface area contributed by atoms with E-state index in [2.05, 4.69) is 36.2 Å². The first kappa shape index (κ1) is 40.3. The van der Waals surface area contributed by atoms with Crippen LogP contribution >= 0.6 is 35.6 Å². The molecule has 2 aromatic carbocycles. The topological polar surface area (TPSA) is 160 Å². The van der Waals surface area contributed by atoms with Gasteiger partial charge in [-0.2, -0.15) is 0 Å². The maximum Gasteiger partial charge on any atom is 0.247 e. The fourth-order valence-corrected chi connectivity index (χ4v) is 6.31. The van der Waals surface area contributed by atoms with E-state index < -0.39 is 23.5 Å². The maximum atomic E-state index is 13.9. The molecular formula is C36H43Cl3N8O5. The van der Waals surface area contributed by atoms with E-state index in [1.54, 1.807) is 49.3 Å². The van der Waals surface area contributed by atoms with E-state index in [0.717, 1.165) is 5.69 Å². The lowest BCUT2D eigenvalue weighted by Crippen LogP contribution is -2.59. The van der Waals surface area contributed by atoms with E-state index in [4.69, 9.17) is 32.7 Å². The molecule has 3 unspecified atom stereocenters. The van der Waals surface area contributed by atoms with Gasteiger partial charge >= 0.3 is 0 Å². The third kappa shape index (κ3) is 9.32. The van der Waals surface area contributed by atoms with Crippen LogP contribution in [0.5, 0.6) is 11.5 Å². The molecule has 1 saturated heterocycles. The van der Waals surface area contributed by atoms with Crippen molar-refractivity contribution < 1.29 is 23.9 Å². The Morgan fingerprint density at radius 2 is 1.79 bits per heavy atom. The van der Waals surface area contributed by atoms with Crippen molar-refractivity contribution in [3.63, 3.8) is 0 Å². The minimum absolute atomic E-state index is 0. The molecule has 52 heavy (non-hydrogen) atoms. The van der Waals surface area contributed by atoms with Crippen molar-refractivity contribution in [2.24, 2.45) is 5.41 Å². The van der Waals surface area contributed by atoms with E-state index in [9.17, 15) is 14.4 Å². The van der Waals surface area contributed by atoms with Crippen molar-refractivity contribution in [3.8, 4) is 11.5 Å². The number of hydrogen-bond donors (Lipinski definition) is 4. The number of carbonyl (C=O) groups is 3. The van der Waals surface area contributed by atoms with E-state index in [0.29, 0.717) is 59.0 Å². The summed E-state index contributed by atoms with van der Waals surface area (Å²) < 4.78 is 11.5. The predicted molar refractivity (Wildman–Crippen MR) is 205 cm³/mol. The summed E-state index contributed by atoms with van der Waals surface area (Å²) in [6.07, 6.45) is 4.18. The molecule has 3 amide bonds. The second-order valence-electron chi connectivity index (χ2n) is 13.3. The van der Waals surface area contributed by atoms with Crippen molar-refractivity contribution in [2.45, 2.75) is 65.3 Å². The summed E-state index contributed by atoms with van der Waals surface area (Å²) in [6.45, 7) is 7.94. The number of ether oxygens (including phenoxy) is 2. The van der Waals surface area contributed by atoms with Gasteiger partial charge in [0, 0.05) is 29.9 Å². The molecule has 1 aliphatic heterocycles. The number of anilines is 3. The van der Waals surface area contributed by atoms with Gasteiger partial charge in [0.1, 0.15) is 36.6 Å². The standard InChI is InChI=1S/C36H42Cl2N8O5.ClH/c1-20(39-5)33(47)45-31(36(2,3)4)35(49)46-13-9-11-28(46)34(48)44-27-16-23-26(17-29(27)50-6)41-19-42-32(23)43-22-14-24(37)30(25(38)15-22)51-18-21-10-7-8-12-40-21;/h7-8,10,12,14-17,19-20,28,31,39H,9,11,13,18H2,1-6H3,(H,44,48)(H,45,47)(H,41,42,43);1H. The second kappa shape index (κ2) is 17.4. The van der Waals surface area contributed by atoms with Crippen LogP contribution in [0.2, 0.25) is 10.0 Å². The Bertz CT molecular complexity index is 1890. The molecule has 4 aromatic rings. The van der Waals surface area contributed by atoms with Crippen LogP contribution in [0.4, 0.5) is 17.2 Å². The summed E-state index contributed by atoms with van der Waals surface area (Å²) >= 11 is 13.2. The summed E-state index contributed by atoms with van der Waals surface area (Å²) in [7, 11) is 3.17. The lowest BCUT2D eigenvalue weighted by molar-refractivity contribution is -0.143. The van der Waals surface area contributed by atoms with Gasteiger partial charge in [0.05, 0.1) is 40.1 Å². The monoisotopic (exact) mass is 772 g/mol. The minimum Gasteiger partial charge on any atom is -0.494 e. The molecule has 0 aliphatic carbocycles. The van der Waals surface area contributed by atoms with E-state index >= 15 is 0 Å². The lowest BCUT2D eigenvalue weighted by atomic mass is 9.85. The predicted octanol–water partition coefficient (Wildman–Crippen LogP) is 6.15. The number of carbonyl (C=O) groups excluding carboxylic acids is 3. The number of aromatic nitrogens is 3. The van der Waals surface area contributed by atoms with Crippen LogP contribution in [0.3, 0.4) is 0 Å². The Balaban J connectivity index is 0.00000605. The first-order valence-electron chi connectivity index (χ1n) is 16.5. The summed E-state index contributed by atoms with van der Waals surface area (Å²) in [5.74, 6) is 0.121. The number of amides is 3. The van der Waals surface area contributed by atoms with Crippen molar-refractivity contribution in [1.29, 1.82) is 0 Å². The van der Waals surface area contributed by atoms with Gasteiger partial charge in [-0.3, -0.25) is 19.4 Å². The number of halogens is 3. The van der Waals surface area contributed by atoms with Crippen LogP contribution in [0.1, 0.15) is 46.2 Å².